The Balaban J connectivity index is 1.79. The van der Waals surface area contributed by atoms with Crippen LogP contribution in [0.5, 0.6) is 5.75 Å². The first-order valence-electron chi connectivity index (χ1n) is 12.6. The minimum absolute atomic E-state index is 0.126. The first kappa shape index (κ1) is 25.3. The largest absolute Gasteiger partial charge is 0.496 e. The number of hydrogen-bond acceptors (Lipinski definition) is 4. The van der Waals surface area contributed by atoms with Crippen LogP contribution in [0, 0.1) is 18.8 Å². The molecule has 0 spiro atoms. The van der Waals surface area contributed by atoms with Crippen LogP contribution in [0.25, 0.3) is 10.9 Å². The molecule has 3 fully saturated rings. The van der Waals surface area contributed by atoms with E-state index < -0.39 is 5.97 Å². The van der Waals surface area contributed by atoms with Gasteiger partial charge in [-0.3, -0.25) is 4.90 Å². The van der Waals surface area contributed by atoms with Crippen molar-refractivity contribution < 1.29 is 19.4 Å². The first-order valence-corrected chi connectivity index (χ1v) is 12.6. The van der Waals surface area contributed by atoms with Gasteiger partial charge in [-0.2, -0.15) is 0 Å². The quantitative estimate of drug-likeness (QED) is 0.361. The molecule has 188 valence electrons. The van der Waals surface area contributed by atoms with Crippen LogP contribution in [0.4, 0.5) is 0 Å². The van der Waals surface area contributed by atoms with Crippen LogP contribution in [0.1, 0.15) is 44.2 Å². The zero-order valence-corrected chi connectivity index (χ0v) is 21.3. The third kappa shape index (κ3) is 5.09. The van der Waals surface area contributed by atoms with E-state index in [2.05, 4.69) is 42.4 Å². The van der Waals surface area contributed by atoms with E-state index in [1.807, 2.05) is 18.3 Å². The van der Waals surface area contributed by atoms with Crippen LogP contribution in [0.15, 0.2) is 54.3 Å². The number of nitrogens with zero attached hydrogens (tertiary/aromatic N) is 1. The van der Waals surface area contributed by atoms with E-state index in [1.54, 1.807) is 20.1 Å². The second kappa shape index (κ2) is 10.8. The highest BCUT2D eigenvalue weighted by molar-refractivity contribution is 5.88. The smallest absolute Gasteiger partial charge is 0.331 e. The van der Waals surface area contributed by atoms with E-state index in [0.29, 0.717) is 17.4 Å². The number of ether oxygens (including phenoxy) is 2. The highest BCUT2D eigenvalue weighted by Gasteiger charge is 2.43. The normalized spacial score (nSPS) is 25.6. The topological polar surface area (TPSA) is 74.8 Å². The predicted octanol–water partition coefficient (Wildman–Crippen LogP) is 5.63. The highest BCUT2D eigenvalue weighted by atomic mass is 16.5. The number of nitrogens with one attached hydrogen (secondary N) is 1. The third-order valence-corrected chi connectivity index (χ3v) is 7.79. The summed E-state index contributed by atoms with van der Waals surface area (Å²) < 4.78 is 12.1. The number of carboxylic acids is 1. The maximum atomic E-state index is 11.4. The summed E-state index contributed by atoms with van der Waals surface area (Å²) in [5.74, 6) is 0.874. The summed E-state index contributed by atoms with van der Waals surface area (Å²) in [4.78, 5) is 17.3. The van der Waals surface area contributed by atoms with Crippen molar-refractivity contribution in [2.75, 3.05) is 20.3 Å². The van der Waals surface area contributed by atoms with Gasteiger partial charge < -0.3 is 19.6 Å². The van der Waals surface area contributed by atoms with Crippen molar-refractivity contribution in [1.82, 2.24) is 9.88 Å². The summed E-state index contributed by atoms with van der Waals surface area (Å²) in [6.45, 7) is 12.3. The van der Waals surface area contributed by atoms with E-state index in [-0.39, 0.29) is 12.1 Å². The van der Waals surface area contributed by atoms with Gasteiger partial charge in [0.25, 0.3) is 0 Å². The summed E-state index contributed by atoms with van der Waals surface area (Å²) in [6.07, 6.45) is 11.1. The molecule has 6 heteroatoms. The Morgan fingerprint density at radius 2 is 2.09 bits per heavy atom. The molecule has 1 saturated carbocycles. The fourth-order valence-electron chi connectivity index (χ4n) is 6.06. The second-order valence-corrected chi connectivity index (χ2v) is 9.87. The molecule has 0 amide bonds. The highest BCUT2D eigenvalue weighted by Crippen LogP contribution is 2.43. The fourth-order valence-corrected chi connectivity index (χ4v) is 6.06. The lowest BCUT2D eigenvalue weighted by Gasteiger charge is -2.36. The minimum Gasteiger partial charge on any atom is -0.496 e. The molecule has 3 aliphatic rings. The number of rotatable bonds is 9. The van der Waals surface area contributed by atoms with Crippen LogP contribution in [0.3, 0.4) is 0 Å². The van der Waals surface area contributed by atoms with Crippen LogP contribution in [-0.4, -0.2) is 53.4 Å². The average Bonchev–Trinajstić information content (AvgIpc) is 3.23. The lowest BCUT2D eigenvalue weighted by atomic mass is 9.77. The van der Waals surface area contributed by atoms with Crippen LogP contribution >= 0.6 is 0 Å². The number of aliphatic carboxylic acids is 1. The molecule has 1 aromatic heterocycles. The van der Waals surface area contributed by atoms with Gasteiger partial charge in [0.05, 0.1) is 13.2 Å². The number of aromatic amines is 1. The van der Waals surface area contributed by atoms with E-state index in [1.165, 1.54) is 10.9 Å². The molecule has 0 radical (unpaired) electrons. The second-order valence-electron chi connectivity index (χ2n) is 9.87. The fraction of sp³-hybridized carbons (Fsp3) is 0.483. The van der Waals surface area contributed by atoms with Gasteiger partial charge in [-0.25, -0.2) is 4.79 Å². The van der Waals surface area contributed by atoms with Crippen molar-refractivity contribution in [3.63, 3.8) is 0 Å². The number of aryl methyl sites for hydroxylation is 1. The van der Waals surface area contributed by atoms with E-state index >= 15 is 0 Å². The van der Waals surface area contributed by atoms with Gasteiger partial charge in [-0.15, -0.1) is 0 Å². The van der Waals surface area contributed by atoms with Crippen molar-refractivity contribution in [3.05, 3.63) is 65.4 Å². The Kier molecular flexibility index (Phi) is 7.82. The summed E-state index contributed by atoms with van der Waals surface area (Å²) >= 11 is 0. The van der Waals surface area contributed by atoms with Crippen molar-refractivity contribution >= 4 is 16.9 Å². The Morgan fingerprint density at radius 3 is 2.77 bits per heavy atom. The number of allylic oxidation sites excluding steroid dienone is 2. The number of benzene rings is 1. The Hall–Kier alpha value is -2.83. The monoisotopic (exact) mass is 478 g/mol. The molecule has 2 bridgehead atoms. The molecule has 3 heterocycles. The zero-order valence-electron chi connectivity index (χ0n) is 21.3. The molecule has 2 saturated heterocycles. The molecule has 1 aromatic carbocycles. The van der Waals surface area contributed by atoms with Crippen molar-refractivity contribution in [2.45, 2.75) is 58.7 Å². The standard InChI is InChI=1S/C29H38N2O4/c1-6-20(9-8-18(3)29(32)33)28-21-10-11-22(25(15-21)35-7-2)16-31(28)17-24-23-12-13-30-27(23)19(4)14-26(24)34-5/h6,8-9,12-14,21-22,25,28,30H,1,7,10-11,15-17H2,2-5H3,(H,32,33)/b18-8+,20-9+/t21?,22?,25-,28-/m1/s1. The molecular formula is C29H38N2O4. The summed E-state index contributed by atoms with van der Waals surface area (Å²) in [5, 5.41) is 10.5. The number of carbonyl (C=O) groups is 1. The molecule has 2 unspecified atom stereocenters. The number of aromatic nitrogens is 1. The maximum Gasteiger partial charge on any atom is 0.331 e. The summed E-state index contributed by atoms with van der Waals surface area (Å²) in [6, 6.07) is 4.37. The van der Waals surface area contributed by atoms with Crippen molar-refractivity contribution in [2.24, 2.45) is 11.8 Å². The first-order chi connectivity index (χ1) is 16.9. The summed E-state index contributed by atoms with van der Waals surface area (Å²) in [7, 11) is 1.74. The predicted molar refractivity (Wildman–Crippen MR) is 140 cm³/mol. The van der Waals surface area contributed by atoms with E-state index in [0.717, 1.165) is 61.4 Å². The number of hydrogen-bond donors (Lipinski definition) is 2. The SMILES string of the molecule is C=C/C(=C\C=C(/C)C(=O)O)[C@@H]1C2CCC(CN1Cc1c(OC)cc(C)c3[nH]ccc13)[C@H](OCC)C2. The van der Waals surface area contributed by atoms with Crippen LogP contribution < -0.4 is 4.74 Å². The Bertz CT molecular complexity index is 1140. The average molecular weight is 479 g/mol. The van der Waals surface area contributed by atoms with Gasteiger partial charge in [-0.1, -0.05) is 24.8 Å². The van der Waals surface area contributed by atoms with Gasteiger partial charge in [0.2, 0.25) is 0 Å². The number of carboxylic acid groups (broad SMARTS) is 1. The van der Waals surface area contributed by atoms with E-state index in [4.69, 9.17) is 9.47 Å². The van der Waals surface area contributed by atoms with Gasteiger partial charge in [0.15, 0.2) is 0 Å². The number of methoxy groups -OCH3 is 1. The van der Waals surface area contributed by atoms with Crippen LogP contribution in [0.2, 0.25) is 0 Å². The van der Waals surface area contributed by atoms with Gasteiger partial charge in [0, 0.05) is 54.0 Å². The Labute approximate surface area is 208 Å². The van der Waals surface area contributed by atoms with Crippen molar-refractivity contribution in [3.8, 4) is 5.75 Å². The van der Waals surface area contributed by atoms with Crippen molar-refractivity contribution in [1.29, 1.82) is 0 Å². The number of H-pyrrole nitrogens is 1. The molecule has 35 heavy (non-hydrogen) atoms. The third-order valence-electron chi connectivity index (χ3n) is 7.79. The number of fused-ring (bicyclic) bond motifs is 5. The molecule has 5 rings (SSSR count). The lowest BCUT2D eigenvalue weighted by molar-refractivity contribution is -0.132. The molecule has 2 aliphatic heterocycles. The molecular weight excluding hydrogens is 440 g/mol. The van der Waals surface area contributed by atoms with Gasteiger partial charge >= 0.3 is 5.97 Å². The Morgan fingerprint density at radius 1 is 1.31 bits per heavy atom. The summed E-state index contributed by atoms with van der Waals surface area (Å²) in [5.41, 5.74) is 4.85. The van der Waals surface area contributed by atoms with Gasteiger partial charge in [0.1, 0.15) is 5.75 Å². The van der Waals surface area contributed by atoms with Crippen LogP contribution in [-0.2, 0) is 16.1 Å². The molecule has 2 aromatic rings. The molecule has 2 N–H and O–H groups in total. The minimum atomic E-state index is -0.904. The molecule has 1 aliphatic carbocycles. The zero-order chi connectivity index (χ0) is 25.1. The lowest BCUT2D eigenvalue weighted by Crippen LogP contribution is -2.40. The molecule has 6 nitrogen and oxygen atoms in total. The molecule has 4 atom stereocenters. The maximum absolute atomic E-state index is 11.4. The van der Waals surface area contributed by atoms with E-state index in [9.17, 15) is 9.90 Å². The van der Waals surface area contributed by atoms with Gasteiger partial charge in [-0.05, 0) is 75.1 Å².